The van der Waals surface area contributed by atoms with Gasteiger partial charge in [0.25, 0.3) is 0 Å². The Morgan fingerprint density at radius 2 is 2.17 bits per heavy atom. The van der Waals surface area contributed by atoms with Gasteiger partial charge in [-0.25, -0.2) is 4.79 Å². The summed E-state index contributed by atoms with van der Waals surface area (Å²) < 4.78 is 5.51. The maximum Gasteiger partial charge on any atom is 0.410 e. The molecule has 3 rings (SSSR count). The van der Waals surface area contributed by atoms with Crippen molar-refractivity contribution in [3.05, 3.63) is 17.3 Å². The second kappa shape index (κ2) is 6.06. The number of likely N-dealkylation sites (tertiary alicyclic amines) is 1. The predicted octanol–water partition coefficient (Wildman–Crippen LogP) is 3.58. The molecule has 1 aromatic rings. The van der Waals surface area contributed by atoms with E-state index < -0.39 is 5.60 Å². The summed E-state index contributed by atoms with van der Waals surface area (Å²) in [5.74, 6) is 1.22. The lowest BCUT2D eigenvalue weighted by atomic mass is 9.83. The number of carbonyl (C=O) groups is 1. The van der Waals surface area contributed by atoms with Crippen LogP contribution in [0.25, 0.3) is 0 Å². The molecule has 1 amide bonds. The molecule has 0 aromatic carbocycles. The molecule has 0 unspecified atom stereocenters. The number of anilines is 1. The van der Waals surface area contributed by atoms with E-state index in [0.717, 1.165) is 31.7 Å². The summed E-state index contributed by atoms with van der Waals surface area (Å²) in [5, 5.41) is 11.8. The SMILES string of the molecule is CC(C)(C)OC(=O)N1C[C@H]2C[C@H](Nc3ccc(Cl)nn3)C[C@@]2(C)C1. The van der Waals surface area contributed by atoms with Crippen LogP contribution in [0, 0.1) is 11.3 Å². The van der Waals surface area contributed by atoms with Crippen LogP contribution < -0.4 is 5.32 Å². The Kier molecular flexibility index (Phi) is 4.36. The van der Waals surface area contributed by atoms with Crippen LogP contribution >= 0.6 is 11.6 Å². The van der Waals surface area contributed by atoms with Gasteiger partial charge in [0.05, 0.1) is 0 Å². The minimum atomic E-state index is -0.451. The van der Waals surface area contributed by atoms with E-state index in [9.17, 15) is 4.79 Å². The van der Waals surface area contributed by atoms with Gasteiger partial charge in [0.1, 0.15) is 11.4 Å². The van der Waals surface area contributed by atoms with E-state index in [4.69, 9.17) is 16.3 Å². The van der Waals surface area contributed by atoms with Crippen molar-refractivity contribution in [2.45, 2.75) is 52.2 Å². The van der Waals surface area contributed by atoms with Gasteiger partial charge in [-0.05, 0) is 57.1 Å². The summed E-state index contributed by atoms with van der Waals surface area (Å²) in [5.41, 5.74) is -0.332. The number of nitrogens with zero attached hydrogens (tertiary/aromatic N) is 3. The van der Waals surface area contributed by atoms with Gasteiger partial charge in [0, 0.05) is 19.1 Å². The van der Waals surface area contributed by atoms with Gasteiger partial charge in [-0.3, -0.25) is 0 Å². The third kappa shape index (κ3) is 3.74. The fraction of sp³-hybridized carbons (Fsp3) is 0.706. The van der Waals surface area contributed by atoms with Gasteiger partial charge in [-0.15, -0.1) is 10.2 Å². The van der Waals surface area contributed by atoms with E-state index in [1.54, 1.807) is 6.07 Å². The van der Waals surface area contributed by atoms with Gasteiger partial charge < -0.3 is 15.0 Å². The molecule has 1 saturated heterocycles. The lowest BCUT2D eigenvalue weighted by Crippen LogP contribution is -2.37. The molecule has 2 heterocycles. The van der Waals surface area contributed by atoms with Crippen molar-refractivity contribution in [2.24, 2.45) is 11.3 Å². The number of rotatable bonds is 2. The topological polar surface area (TPSA) is 67.3 Å². The number of carbonyl (C=O) groups excluding carboxylic acids is 1. The smallest absolute Gasteiger partial charge is 0.410 e. The Hall–Kier alpha value is -1.56. The minimum absolute atomic E-state index is 0.119. The molecule has 1 aliphatic carbocycles. The lowest BCUT2D eigenvalue weighted by molar-refractivity contribution is 0.0270. The third-order valence-corrected chi connectivity index (χ3v) is 5.10. The van der Waals surface area contributed by atoms with Crippen molar-refractivity contribution in [1.82, 2.24) is 15.1 Å². The predicted molar refractivity (Wildman–Crippen MR) is 93.1 cm³/mol. The molecule has 24 heavy (non-hydrogen) atoms. The largest absolute Gasteiger partial charge is 0.444 e. The molecule has 2 aliphatic rings. The van der Waals surface area contributed by atoms with Crippen LogP contribution in [0.5, 0.6) is 0 Å². The van der Waals surface area contributed by atoms with Crippen molar-refractivity contribution >= 4 is 23.5 Å². The highest BCUT2D eigenvalue weighted by atomic mass is 35.5. The summed E-state index contributed by atoms with van der Waals surface area (Å²) in [6, 6.07) is 3.92. The second-order valence-electron chi connectivity index (χ2n) is 8.23. The zero-order valence-electron chi connectivity index (χ0n) is 14.7. The van der Waals surface area contributed by atoms with Gasteiger partial charge in [0.2, 0.25) is 0 Å². The molecule has 1 aliphatic heterocycles. The fourth-order valence-corrected chi connectivity index (χ4v) is 3.97. The monoisotopic (exact) mass is 352 g/mol. The fourth-order valence-electron chi connectivity index (χ4n) is 3.87. The highest BCUT2D eigenvalue weighted by Gasteiger charge is 2.51. The van der Waals surface area contributed by atoms with Crippen molar-refractivity contribution < 1.29 is 9.53 Å². The Balaban J connectivity index is 1.58. The first-order valence-electron chi connectivity index (χ1n) is 8.38. The standard InChI is InChI=1S/C17H25ClN4O2/c1-16(2,3)24-15(23)22-9-11-7-12(8-17(11,4)10-22)19-14-6-5-13(18)20-21-14/h5-6,11-12H,7-10H2,1-4H3,(H,19,21)/t11-,12+,17+/m1/s1. The van der Waals surface area contributed by atoms with Crippen LogP contribution in [-0.4, -0.2) is 45.9 Å². The molecular formula is C17H25ClN4O2. The zero-order chi connectivity index (χ0) is 17.5. The van der Waals surface area contributed by atoms with Crippen LogP contribution in [0.1, 0.15) is 40.5 Å². The summed E-state index contributed by atoms with van der Waals surface area (Å²) in [6.45, 7) is 9.47. The van der Waals surface area contributed by atoms with Crippen molar-refractivity contribution in [1.29, 1.82) is 0 Å². The molecule has 1 N–H and O–H groups in total. The molecule has 6 nitrogen and oxygen atoms in total. The number of amides is 1. The van der Waals surface area contributed by atoms with Crippen LogP contribution in [0.2, 0.25) is 5.15 Å². The minimum Gasteiger partial charge on any atom is -0.444 e. The molecule has 0 radical (unpaired) electrons. The maximum absolute atomic E-state index is 12.3. The molecule has 0 bridgehead atoms. The first-order chi connectivity index (χ1) is 11.1. The van der Waals surface area contributed by atoms with Gasteiger partial charge in [0.15, 0.2) is 5.15 Å². The quantitative estimate of drug-likeness (QED) is 0.881. The Labute approximate surface area is 147 Å². The van der Waals surface area contributed by atoms with Crippen molar-refractivity contribution in [3.63, 3.8) is 0 Å². The van der Waals surface area contributed by atoms with E-state index in [2.05, 4.69) is 22.4 Å². The summed E-state index contributed by atoms with van der Waals surface area (Å²) in [4.78, 5) is 14.2. The molecular weight excluding hydrogens is 328 g/mol. The van der Waals surface area contributed by atoms with Gasteiger partial charge in [-0.2, -0.15) is 0 Å². The summed E-state index contributed by atoms with van der Waals surface area (Å²) >= 11 is 5.77. The highest BCUT2D eigenvalue weighted by Crippen LogP contribution is 2.49. The Morgan fingerprint density at radius 3 is 2.75 bits per heavy atom. The summed E-state index contributed by atoms with van der Waals surface area (Å²) in [6.07, 6.45) is 1.81. The van der Waals surface area contributed by atoms with Crippen LogP contribution in [-0.2, 0) is 4.74 Å². The zero-order valence-corrected chi connectivity index (χ0v) is 15.4. The molecule has 3 atom stereocenters. The van der Waals surface area contributed by atoms with E-state index in [0.29, 0.717) is 17.1 Å². The summed E-state index contributed by atoms with van der Waals surface area (Å²) in [7, 11) is 0. The number of nitrogens with one attached hydrogen (secondary N) is 1. The first kappa shape index (κ1) is 17.3. The third-order valence-electron chi connectivity index (χ3n) is 4.90. The number of hydrogen-bond acceptors (Lipinski definition) is 5. The number of fused-ring (bicyclic) bond motifs is 1. The van der Waals surface area contributed by atoms with Gasteiger partial charge in [-0.1, -0.05) is 18.5 Å². The highest BCUT2D eigenvalue weighted by molar-refractivity contribution is 6.29. The number of halogens is 1. The molecule has 1 saturated carbocycles. The second-order valence-corrected chi connectivity index (χ2v) is 8.62. The number of hydrogen-bond donors (Lipinski definition) is 1. The van der Waals surface area contributed by atoms with E-state index in [1.807, 2.05) is 31.7 Å². The number of ether oxygens (including phenoxy) is 1. The Morgan fingerprint density at radius 1 is 1.42 bits per heavy atom. The molecule has 7 heteroatoms. The maximum atomic E-state index is 12.3. The van der Waals surface area contributed by atoms with Gasteiger partial charge >= 0.3 is 6.09 Å². The lowest BCUT2D eigenvalue weighted by Gasteiger charge is -2.27. The van der Waals surface area contributed by atoms with Crippen LogP contribution in [0.4, 0.5) is 10.6 Å². The average molecular weight is 353 g/mol. The first-order valence-corrected chi connectivity index (χ1v) is 8.76. The van der Waals surface area contributed by atoms with E-state index in [-0.39, 0.29) is 11.5 Å². The molecule has 1 aromatic heterocycles. The van der Waals surface area contributed by atoms with Crippen LogP contribution in [0.15, 0.2) is 12.1 Å². The molecule has 0 spiro atoms. The molecule has 132 valence electrons. The van der Waals surface area contributed by atoms with Crippen molar-refractivity contribution in [3.8, 4) is 0 Å². The normalized spacial score (nSPS) is 29.5. The van der Waals surface area contributed by atoms with E-state index in [1.165, 1.54) is 0 Å². The Bertz CT molecular complexity index is 616. The van der Waals surface area contributed by atoms with Crippen LogP contribution in [0.3, 0.4) is 0 Å². The average Bonchev–Trinajstić information content (AvgIpc) is 2.91. The number of aromatic nitrogens is 2. The van der Waals surface area contributed by atoms with Crippen molar-refractivity contribution in [2.75, 3.05) is 18.4 Å². The molecule has 2 fully saturated rings. The van der Waals surface area contributed by atoms with E-state index >= 15 is 0 Å².